The maximum absolute atomic E-state index is 12.4. The molecule has 0 aliphatic heterocycles. The maximum atomic E-state index is 12.4. The summed E-state index contributed by atoms with van der Waals surface area (Å²) in [7, 11) is 1.99. The van der Waals surface area contributed by atoms with Crippen molar-refractivity contribution in [3.05, 3.63) is 59.7 Å². The molecule has 1 aliphatic rings. The molecule has 1 fully saturated rings. The maximum Gasteiger partial charge on any atom is 0.255 e. The van der Waals surface area contributed by atoms with Gasteiger partial charge in [-0.1, -0.05) is 43.2 Å². The van der Waals surface area contributed by atoms with Gasteiger partial charge in [-0.05, 0) is 56.3 Å². The highest BCUT2D eigenvalue weighted by molar-refractivity contribution is 6.05. The third-order valence-corrected chi connectivity index (χ3v) is 4.99. The smallest absolute Gasteiger partial charge is 0.255 e. The van der Waals surface area contributed by atoms with Crippen molar-refractivity contribution in [1.82, 2.24) is 5.32 Å². The van der Waals surface area contributed by atoms with E-state index in [0.29, 0.717) is 16.9 Å². The molecule has 0 heterocycles. The van der Waals surface area contributed by atoms with Crippen LogP contribution in [0.15, 0.2) is 48.5 Å². The number of rotatable bonds is 3. The first-order chi connectivity index (χ1) is 12.6. The van der Waals surface area contributed by atoms with Crippen molar-refractivity contribution in [1.29, 1.82) is 0 Å². The summed E-state index contributed by atoms with van der Waals surface area (Å²) in [6.07, 6.45) is 5.92. The topological polar surface area (TPSA) is 67.2 Å². The van der Waals surface area contributed by atoms with E-state index in [1.165, 1.54) is 19.3 Å². The molecule has 0 radical (unpaired) electrons. The van der Waals surface area contributed by atoms with Crippen LogP contribution in [0.3, 0.4) is 0 Å². The molecule has 3 rings (SSSR count). The first-order valence-electron chi connectivity index (χ1n) is 9.10. The van der Waals surface area contributed by atoms with E-state index < -0.39 is 0 Å². The lowest BCUT2D eigenvalue weighted by atomic mass is 9.82. The summed E-state index contributed by atoms with van der Waals surface area (Å²) >= 11 is 0. The van der Waals surface area contributed by atoms with E-state index in [1.807, 2.05) is 31.3 Å². The van der Waals surface area contributed by atoms with Crippen LogP contribution in [-0.2, 0) is 0 Å². The van der Waals surface area contributed by atoms with Crippen molar-refractivity contribution in [3.63, 3.8) is 0 Å². The number of carbonyl (C=O) groups is 1. The van der Waals surface area contributed by atoms with Crippen LogP contribution < -0.4 is 16.4 Å². The van der Waals surface area contributed by atoms with Crippen LogP contribution in [0, 0.1) is 11.8 Å². The lowest BCUT2D eigenvalue weighted by Crippen LogP contribution is -2.43. The number of anilines is 2. The number of hydrogen-bond acceptors (Lipinski definition) is 3. The first-order valence-corrected chi connectivity index (χ1v) is 9.10. The Hall–Kier alpha value is -2.77. The average molecular weight is 347 g/mol. The number of benzene rings is 2. The number of nitrogens with one attached hydrogen (secondary N) is 2. The van der Waals surface area contributed by atoms with Crippen molar-refractivity contribution < 1.29 is 4.79 Å². The lowest BCUT2D eigenvalue weighted by molar-refractivity contribution is 0.102. The summed E-state index contributed by atoms with van der Waals surface area (Å²) in [6, 6.07) is 14.6. The molecule has 4 N–H and O–H groups in total. The Morgan fingerprint density at radius 2 is 1.73 bits per heavy atom. The van der Waals surface area contributed by atoms with Gasteiger partial charge in [0.05, 0.1) is 16.9 Å². The molecule has 4 heteroatoms. The summed E-state index contributed by atoms with van der Waals surface area (Å²) < 4.78 is 0. The molecule has 1 saturated carbocycles. The molecule has 1 amide bonds. The monoisotopic (exact) mass is 347 g/mol. The predicted octanol–water partition coefficient (Wildman–Crippen LogP) is 3.79. The van der Waals surface area contributed by atoms with E-state index >= 15 is 0 Å². The summed E-state index contributed by atoms with van der Waals surface area (Å²) in [5.41, 5.74) is 8.47. The van der Waals surface area contributed by atoms with Crippen molar-refractivity contribution in [2.75, 3.05) is 18.1 Å². The van der Waals surface area contributed by atoms with Gasteiger partial charge in [-0.25, -0.2) is 0 Å². The minimum absolute atomic E-state index is 0.0703. The van der Waals surface area contributed by atoms with Gasteiger partial charge in [0.25, 0.3) is 5.91 Å². The Bertz CT molecular complexity index is 824. The molecule has 26 heavy (non-hydrogen) atoms. The van der Waals surface area contributed by atoms with Crippen LogP contribution in [0.5, 0.6) is 0 Å². The standard InChI is InChI=1S/C22H25N3O/c1-24-22(14-5-2-6-15-22)16-13-17-9-11-18(12-10-17)21(26)25-20-8-4-3-7-19(20)23/h3-4,7-12,24H,2,5-6,14-15,23H2,1H3,(H,25,26). The van der Waals surface area contributed by atoms with E-state index in [2.05, 4.69) is 22.5 Å². The van der Waals surface area contributed by atoms with Gasteiger partial charge in [-0.3, -0.25) is 4.79 Å². The molecule has 2 aromatic carbocycles. The minimum Gasteiger partial charge on any atom is -0.397 e. The van der Waals surface area contributed by atoms with Crippen LogP contribution >= 0.6 is 0 Å². The van der Waals surface area contributed by atoms with Crippen molar-refractivity contribution >= 4 is 17.3 Å². The van der Waals surface area contributed by atoms with Crippen LogP contribution in [-0.4, -0.2) is 18.5 Å². The highest BCUT2D eigenvalue weighted by Crippen LogP contribution is 2.27. The summed E-state index contributed by atoms with van der Waals surface area (Å²) in [5, 5.41) is 6.24. The fourth-order valence-corrected chi connectivity index (χ4v) is 3.29. The molecule has 4 nitrogen and oxygen atoms in total. The van der Waals surface area contributed by atoms with Crippen molar-refractivity contribution in [2.24, 2.45) is 0 Å². The van der Waals surface area contributed by atoms with Gasteiger partial charge < -0.3 is 16.4 Å². The molecule has 0 atom stereocenters. The quantitative estimate of drug-likeness (QED) is 0.584. The normalized spacial score (nSPS) is 15.6. The molecule has 0 spiro atoms. The van der Waals surface area contributed by atoms with Crippen LogP contribution in [0.2, 0.25) is 0 Å². The van der Waals surface area contributed by atoms with E-state index in [1.54, 1.807) is 24.3 Å². The van der Waals surface area contributed by atoms with Crippen LogP contribution in [0.25, 0.3) is 0 Å². The summed E-state index contributed by atoms with van der Waals surface area (Å²) in [5.74, 6) is 6.51. The van der Waals surface area contributed by atoms with Crippen molar-refractivity contribution in [2.45, 2.75) is 37.6 Å². The van der Waals surface area contributed by atoms with Crippen LogP contribution in [0.4, 0.5) is 11.4 Å². The molecule has 0 bridgehead atoms. The van der Waals surface area contributed by atoms with Gasteiger partial charge in [0.2, 0.25) is 0 Å². The zero-order chi connectivity index (χ0) is 18.4. The molecule has 1 aliphatic carbocycles. The third-order valence-electron chi connectivity index (χ3n) is 4.99. The number of hydrogen-bond donors (Lipinski definition) is 3. The highest BCUT2D eigenvalue weighted by atomic mass is 16.1. The summed E-state index contributed by atoms with van der Waals surface area (Å²) in [6.45, 7) is 0. The van der Waals surface area contributed by atoms with E-state index in [0.717, 1.165) is 18.4 Å². The van der Waals surface area contributed by atoms with Gasteiger partial charge in [0.15, 0.2) is 0 Å². The number of amides is 1. The predicted molar refractivity (Wildman–Crippen MR) is 107 cm³/mol. The molecule has 2 aromatic rings. The van der Waals surface area contributed by atoms with Gasteiger partial charge in [0, 0.05) is 11.1 Å². The zero-order valence-electron chi connectivity index (χ0n) is 15.1. The fraction of sp³-hybridized carbons (Fsp3) is 0.318. The van der Waals surface area contributed by atoms with Crippen molar-refractivity contribution in [3.8, 4) is 11.8 Å². The Kier molecular flexibility index (Phi) is 5.60. The van der Waals surface area contributed by atoms with E-state index in [9.17, 15) is 4.79 Å². The number of carbonyl (C=O) groups excluding carboxylic acids is 1. The van der Waals surface area contributed by atoms with E-state index in [4.69, 9.17) is 5.73 Å². The molecule has 134 valence electrons. The molecule has 0 unspecified atom stereocenters. The van der Waals surface area contributed by atoms with Gasteiger partial charge in [-0.2, -0.15) is 0 Å². The van der Waals surface area contributed by atoms with Gasteiger partial charge in [0.1, 0.15) is 0 Å². The van der Waals surface area contributed by atoms with E-state index in [-0.39, 0.29) is 11.4 Å². The second kappa shape index (κ2) is 8.07. The highest BCUT2D eigenvalue weighted by Gasteiger charge is 2.27. The Balaban J connectivity index is 1.70. The Morgan fingerprint density at radius 3 is 2.38 bits per heavy atom. The minimum atomic E-state index is -0.179. The second-order valence-corrected chi connectivity index (χ2v) is 6.76. The van der Waals surface area contributed by atoms with Crippen LogP contribution in [0.1, 0.15) is 48.0 Å². The number of nitrogens with two attached hydrogens (primary N) is 1. The largest absolute Gasteiger partial charge is 0.397 e. The molecular weight excluding hydrogens is 322 g/mol. The molecule has 0 aromatic heterocycles. The Labute approximate surface area is 155 Å². The number of para-hydroxylation sites is 2. The lowest BCUT2D eigenvalue weighted by Gasteiger charge is -2.32. The zero-order valence-corrected chi connectivity index (χ0v) is 15.1. The average Bonchev–Trinajstić information content (AvgIpc) is 2.69. The van der Waals surface area contributed by atoms with Gasteiger partial charge in [-0.15, -0.1) is 0 Å². The third kappa shape index (κ3) is 4.25. The second-order valence-electron chi connectivity index (χ2n) is 6.76. The SMILES string of the molecule is CNC1(C#Cc2ccc(C(=O)Nc3ccccc3N)cc2)CCCCC1. The summed E-state index contributed by atoms with van der Waals surface area (Å²) in [4.78, 5) is 12.4. The number of nitrogen functional groups attached to an aromatic ring is 1. The molecule has 0 saturated heterocycles. The van der Waals surface area contributed by atoms with Gasteiger partial charge >= 0.3 is 0 Å². The molecular formula is C22H25N3O. The first kappa shape index (κ1) is 18.0. The Morgan fingerprint density at radius 1 is 1.04 bits per heavy atom. The fourth-order valence-electron chi connectivity index (χ4n) is 3.29.